The van der Waals surface area contributed by atoms with Crippen molar-refractivity contribution in [2.75, 3.05) is 0 Å². The fraction of sp³-hybridized carbons (Fsp3) is 0.0513. The highest BCUT2D eigenvalue weighted by atomic mass is 16.5. The summed E-state index contributed by atoms with van der Waals surface area (Å²) in [5.41, 5.74) is 8.13. The van der Waals surface area contributed by atoms with Crippen LogP contribution in [0.5, 0.6) is 11.5 Å². The molecule has 0 spiro atoms. The van der Waals surface area contributed by atoms with Gasteiger partial charge < -0.3 is 9.47 Å². The zero-order valence-electron chi connectivity index (χ0n) is 23.2. The Morgan fingerprint density at radius 1 is 0.381 bits per heavy atom. The fourth-order valence-electron chi connectivity index (χ4n) is 4.75. The summed E-state index contributed by atoms with van der Waals surface area (Å²) in [4.78, 5) is 13.0. The highest BCUT2D eigenvalue weighted by molar-refractivity contribution is 6.09. The molecule has 0 unspecified atom stereocenters. The third-order valence-electron chi connectivity index (χ3n) is 7.17. The highest BCUT2D eigenvalue weighted by Crippen LogP contribution is 2.23. The van der Waals surface area contributed by atoms with E-state index in [2.05, 4.69) is 72.8 Å². The lowest BCUT2D eigenvalue weighted by atomic mass is 10.0. The molecule has 0 bridgehead atoms. The molecule has 6 rings (SSSR count). The number of carbonyl (C=O) groups is 1. The van der Waals surface area contributed by atoms with E-state index in [1.54, 1.807) is 24.3 Å². The molecular formula is C39H30O3. The van der Waals surface area contributed by atoms with Crippen LogP contribution < -0.4 is 9.47 Å². The minimum atomic E-state index is -0.0406. The molecule has 0 saturated heterocycles. The van der Waals surface area contributed by atoms with E-state index in [0.717, 1.165) is 22.6 Å². The van der Waals surface area contributed by atoms with Crippen LogP contribution in [0.2, 0.25) is 0 Å². The third-order valence-corrected chi connectivity index (χ3v) is 7.17. The maximum absolute atomic E-state index is 13.0. The minimum Gasteiger partial charge on any atom is -0.489 e. The van der Waals surface area contributed by atoms with Crippen LogP contribution in [-0.4, -0.2) is 5.78 Å². The van der Waals surface area contributed by atoms with Crippen LogP contribution in [0.4, 0.5) is 0 Å². The summed E-state index contributed by atoms with van der Waals surface area (Å²) >= 11 is 0. The second-order valence-corrected chi connectivity index (χ2v) is 10.1. The molecule has 0 N–H and O–H groups in total. The van der Waals surface area contributed by atoms with E-state index >= 15 is 0 Å². The van der Waals surface area contributed by atoms with Gasteiger partial charge in [-0.15, -0.1) is 0 Å². The first kappa shape index (κ1) is 26.8. The van der Waals surface area contributed by atoms with Crippen LogP contribution in [0, 0.1) is 0 Å². The summed E-state index contributed by atoms with van der Waals surface area (Å²) < 4.78 is 11.9. The van der Waals surface area contributed by atoms with Crippen molar-refractivity contribution in [1.29, 1.82) is 0 Å². The topological polar surface area (TPSA) is 35.5 Å². The molecule has 3 nitrogen and oxygen atoms in total. The van der Waals surface area contributed by atoms with Gasteiger partial charge in [0.25, 0.3) is 0 Å². The molecule has 0 saturated carbocycles. The second-order valence-electron chi connectivity index (χ2n) is 10.1. The largest absolute Gasteiger partial charge is 0.489 e. The van der Waals surface area contributed by atoms with Crippen molar-refractivity contribution in [3.63, 3.8) is 0 Å². The zero-order valence-corrected chi connectivity index (χ0v) is 23.2. The maximum Gasteiger partial charge on any atom is 0.193 e. The van der Waals surface area contributed by atoms with E-state index in [9.17, 15) is 4.79 Å². The summed E-state index contributed by atoms with van der Waals surface area (Å²) in [6, 6.07) is 51.9. The molecule has 6 aromatic rings. The number of ether oxygens (including phenoxy) is 2. The van der Waals surface area contributed by atoms with Gasteiger partial charge >= 0.3 is 0 Å². The smallest absolute Gasteiger partial charge is 0.193 e. The van der Waals surface area contributed by atoms with Crippen molar-refractivity contribution in [2.24, 2.45) is 0 Å². The Kier molecular flexibility index (Phi) is 8.19. The average Bonchev–Trinajstić information content (AvgIpc) is 3.08. The fourth-order valence-corrected chi connectivity index (χ4v) is 4.75. The third kappa shape index (κ3) is 6.65. The van der Waals surface area contributed by atoms with E-state index in [0.29, 0.717) is 24.3 Å². The van der Waals surface area contributed by atoms with Crippen molar-refractivity contribution in [3.8, 4) is 33.8 Å². The molecule has 42 heavy (non-hydrogen) atoms. The monoisotopic (exact) mass is 546 g/mol. The quantitative estimate of drug-likeness (QED) is 0.161. The van der Waals surface area contributed by atoms with Crippen LogP contribution in [-0.2, 0) is 13.2 Å². The Balaban J connectivity index is 1.00. The van der Waals surface area contributed by atoms with Gasteiger partial charge in [0.15, 0.2) is 5.78 Å². The molecule has 6 aromatic carbocycles. The number of hydrogen-bond donors (Lipinski definition) is 0. The average molecular weight is 547 g/mol. The first-order valence-corrected chi connectivity index (χ1v) is 14.0. The highest BCUT2D eigenvalue weighted by Gasteiger charge is 2.10. The van der Waals surface area contributed by atoms with E-state index < -0.39 is 0 Å². The number of rotatable bonds is 10. The Bertz CT molecular complexity index is 1590. The molecule has 0 fully saturated rings. The Labute approximate surface area is 246 Å². The molecule has 0 aliphatic rings. The molecule has 0 aliphatic heterocycles. The van der Waals surface area contributed by atoms with Crippen LogP contribution in [0.15, 0.2) is 158 Å². The summed E-state index contributed by atoms with van der Waals surface area (Å²) in [6.45, 7) is 0.919. The van der Waals surface area contributed by atoms with Crippen molar-refractivity contribution in [2.45, 2.75) is 13.2 Å². The molecule has 0 atom stereocenters. The number of ketones is 1. The van der Waals surface area contributed by atoms with Crippen molar-refractivity contribution in [1.82, 2.24) is 0 Å². The number of benzene rings is 6. The molecule has 3 heteroatoms. The summed E-state index contributed by atoms with van der Waals surface area (Å²) in [5, 5.41) is 0. The molecule has 0 heterocycles. The molecule has 0 amide bonds. The normalized spacial score (nSPS) is 10.7. The van der Waals surface area contributed by atoms with Crippen LogP contribution in [0.25, 0.3) is 22.3 Å². The van der Waals surface area contributed by atoms with Crippen LogP contribution in [0.3, 0.4) is 0 Å². The minimum absolute atomic E-state index is 0.0406. The lowest BCUT2D eigenvalue weighted by molar-refractivity contribution is 0.103. The predicted octanol–water partition coefficient (Wildman–Crippen LogP) is 9.41. The first-order chi connectivity index (χ1) is 20.7. The van der Waals surface area contributed by atoms with Gasteiger partial charge in [-0.3, -0.25) is 4.79 Å². The lowest BCUT2D eigenvalue weighted by Crippen LogP contribution is -2.02. The van der Waals surface area contributed by atoms with Crippen LogP contribution >= 0.6 is 0 Å². The van der Waals surface area contributed by atoms with Crippen molar-refractivity contribution < 1.29 is 14.3 Å². The van der Waals surface area contributed by atoms with Gasteiger partial charge in [-0.2, -0.15) is 0 Å². The lowest BCUT2D eigenvalue weighted by Gasteiger charge is -2.09. The van der Waals surface area contributed by atoms with Gasteiger partial charge in [-0.05, 0) is 81.9 Å². The van der Waals surface area contributed by atoms with Gasteiger partial charge in [-0.1, -0.05) is 109 Å². The summed E-state index contributed by atoms with van der Waals surface area (Å²) in [6.07, 6.45) is 0. The maximum atomic E-state index is 13.0. The van der Waals surface area contributed by atoms with Gasteiger partial charge in [-0.25, -0.2) is 0 Å². The van der Waals surface area contributed by atoms with E-state index in [4.69, 9.17) is 9.47 Å². The van der Waals surface area contributed by atoms with E-state index in [1.807, 2.05) is 60.7 Å². The zero-order chi connectivity index (χ0) is 28.6. The molecule has 204 valence electrons. The van der Waals surface area contributed by atoms with Crippen molar-refractivity contribution in [3.05, 3.63) is 180 Å². The molecule has 0 radical (unpaired) electrons. The second kappa shape index (κ2) is 12.8. The molecule has 0 aliphatic carbocycles. The van der Waals surface area contributed by atoms with Gasteiger partial charge in [0.2, 0.25) is 0 Å². The summed E-state index contributed by atoms with van der Waals surface area (Å²) in [7, 11) is 0. The molecule has 0 aromatic heterocycles. The predicted molar refractivity (Wildman–Crippen MR) is 169 cm³/mol. The first-order valence-electron chi connectivity index (χ1n) is 14.0. The SMILES string of the molecule is O=C(c1ccc(OCc2ccc(-c3ccccc3)cc2)cc1)c1ccc(OCc2ccc(-c3ccccc3)cc2)cc1. The van der Waals surface area contributed by atoms with E-state index in [1.165, 1.54) is 22.3 Å². The van der Waals surface area contributed by atoms with Gasteiger partial charge in [0.1, 0.15) is 24.7 Å². The standard InChI is InChI=1S/C39H30O3/c40-39(35-19-23-37(24-20-35)41-27-29-11-15-33(16-12-29)31-7-3-1-4-8-31)36-21-25-38(26-22-36)42-28-30-13-17-34(18-14-30)32-9-5-2-6-10-32/h1-26H,27-28H2. The Morgan fingerprint density at radius 2 is 0.714 bits per heavy atom. The Hall–Kier alpha value is -5.41. The number of hydrogen-bond acceptors (Lipinski definition) is 3. The Morgan fingerprint density at radius 3 is 1.07 bits per heavy atom. The van der Waals surface area contributed by atoms with Gasteiger partial charge in [0.05, 0.1) is 0 Å². The van der Waals surface area contributed by atoms with E-state index in [-0.39, 0.29) is 5.78 Å². The van der Waals surface area contributed by atoms with Crippen LogP contribution in [0.1, 0.15) is 27.0 Å². The molecular weight excluding hydrogens is 516 g/mol. The summed E-state index contributed by atoms with van der Waals surface area (Å²) in [5.74, 6) is 1.40. The number of carbonyl (C=O) groups excluding carboxylic acids is 1. The van der Waals surface area contributed by atoms with Gasteiger partial charge in [0, 0.05) is 11.1 Å². The van der Waals surface area contributed by atoms with Crippen molar-refractivity contribution >= 4 is 5.78 Å².